The van der Waals surface area contributed by atoms with Crippen LogP contribution in [-0.4, -0.2) is 204 Å². The molecule has 20 N–H and O–H groups in total. The number of carbonyl (C=O) groups is 8. The van der Waals surface area contributed by atoms with E-state index >= 15 is 0 Å². The smallest absolute Gasteiger partial charge is 0.326 e. The van der Waals surface area contributed by atoms with Crippen LogP contribution in [0.5, 0.6) is 0 Å². The number of H-pyrrole nitrogens is 1. The average Bonchev–Trinajstić information content (AvgIpc) is 3.31. The van der Waals surface area contributed by atoms with Crippen LogP contribution in [0, 0.1) is 0 Å². The molecule has 2 heterocycles. The summed E-state index contributed by atoms with van der Waals surface area (Å²) in [5.41, 5.74) is 5.63. The van der Waals surface area contributed by atoms with E-state index in [1.165, 1.54) is 30.5 Å². The van der Waals surface area contributed by atoms with E-state index in [9.17, 15) is 89.1 Å². The van der Waals surface area contributed by atoms with Crippen molar-refractivity contribution in [3.05, 3.63) is 52.1 Å². The maximum atomic E-state index is 13.4. The molecule has 69 heavy (non-hydrogen) atoms. The lowest BCUT2D eigenvalue weighted by atomic mass is 9.98. The van der Waals surface area contributed by atoms with Crippen molar-refractivity contribution in [2.75, 3.05) is 24.3 Å². The van der Waals surface area contributed by atoms with E-state index in [1.54, 1.807) is 10.6 Å². The number of carboxylic acid groups (broad SMARTS) is 3. The number of hydrogen-bond donors (Lipinski definition) is 19. The first kappa shape index (κ1) is 55.8. The highest BCUT2D eigenvalue weighted by Gasteiger charge is 2.41. The largest absolute Gasteiger partial charge is 0.480 e. The van der Waals surface area contributed by atoms with Crippen molar-refractivity contribution in [3.8, 4) is 0 Å². The number of aromatic nitrogens is 4. The van der Waals surface area contributed by atoms with Gasteiger partial charge in [0.25, 0.3) is 11.5 Å². The zero-order valence-electron chi connectivity index (χ0n) is 36.0. The third-order valence-electron chi connectivity index (χ3n) is 9.85. The van der Waals surface area contributed by atoms with Gasteiger partial charge >= 0.3 is 17.9 Å². The first-order valence-electron chi connectivity index (χ1n) is 20.2. The van der Waals surface area contributed by atoms with Crippen molar-refractivity contribution in [2.24, 2.45) is 0 Å². The number of nitrogens with one attached hydrogen (secondary N) is 7. The summed E-state index contributed by atoms with van der Waals surface area (Å²) in [6.45, 7) is -1.36. The fourth-order valence-electron chi connectivity index (χ4n) is 5.93. The molecule has 0 aliphatic rings. The number of aliphatic hydroxyl groups is 8. The van der Waals surface area contributed by atoms with Crippen LogP contribution in [0.1, 0.15) is 42.2 Å². The molecule has 5 amide bonds. The number of amides is 5. The lowest BCUT2D eigenvalue weighted by Gasteiger charge is -2.30. The number of nitrogens with zero attached hydrogens (tertiary/aromatic N) is 3. The van der Waals surface area contributed by atoms with E-state index in [0.29, 0.717) is 11.4 Å². The Kier molecular flexibility index (Phi) is 20.7. The van der Waals surface area contributed by atoms with Gasteiger partial charge in [-0.2, -0.15) is 4.98 Å². The molecule has 2 aromatic heterocycles. The molecule has 0 fully saturated rings. The van der Waals surface area contributed by atoms with Gasteiger partial charge in [0, 0.05) is 17.7 Å². The molecular weight excluding hydrogens is 930 g/mol. The molecule has 0 saturated heterocycles. The predicted octanol–water partition coefficient (Wildman–Crippen LogP) is -8.46. The topological polar surface area (TPSA) is 529 Å². The highest BCUT2D eigenvalue weighted by Crippen LogP contribution is 2.14. The van der Waals surface area contributed by atoms with Crippen LogP contribution in [0.15, 0.2) is 35.3 Å². The zero-order valence-corrected chi connectivity index (χ0v) is 36.0. The Balaban J connectivity index is 1.71. The number of rotatable bonds is 27. The van der Waals surface area contributed by atoms with E-state index in [0.717, 1.165) is 6.92 Å². The minimum Gasteiger partial charge on any atom is -0.480 e. The van der Waals surface area contributed by atoms with Gasteiger partial charge in [-0.25, -0.2) is 19.6 Å². The molecule has 0 saturated carbocycles. The summed E-state index contributed by atoms with van der Waals surface area (Å²) >= 11 is 0. The monoisotopic (exact) mass is 981 g/mol. The van der Waals surface area contributed by atoms with Gasteiger partial charge in [0.15, 0.2) is 11.2 Å². The average molecular weight is 982 g/mol. The Labute approximate surface area is 386 Å². The third-order valence-corrected chi connectivity index (χ3v) is 9.85. The minimum atomic E-state index is -2.56. The number of fused-ring (bicyclic) bond motifs is 1. The predicted molar refractivity (Wildman–Crippen MR) is 228 cm³/mol. The first-order chi connectivity index (χ1) is 32.4. The summed E-state index contributed by atoms with van der Waals surface area (Å²) in [4.78, 5) is 128. The summed E-state index contributed by atoms with van der Waals surface area (Å²) in [5, 5.41) is 121. The number of aliphatic carboxylic acids is 3. The molecule has 378 valence electrons. The second-order valence-electron chi connectivity index (χ2n) is 15.0. The van der Waals surface area contributed by atoms with E-state index in [4.69, 9.17) is 15.9 Å². The summed E-state index contributed by atoms with van der Waals surface area (Å²) in [6.07, 6.45) is -15.7. The van der Waals surface area contributed by atoms with Gasteiger partial charge in [0.05, 0.1) is 38.1 Å². The molecule has 1 aromatic carbocycles. The number of anilines is 2. The van der Waals surface area contributed by atoms with Gasteiger partial charge in [-0.1, -0.05) is 0 Å². The quantitative estimate of drug-likeness (QED) is 0.0337. The van der Waals surface area contributed by atoms with Gasteiger partial charge in [-0.3, -0.25) is 38.5 Å². The second kappa shape index (κ2) is 25.6. The third kappa shape index (κ3) is 16.1. The van der Waals surface area contributed by atoms with Crippen LogP contribution < -0.4 is 43.2 Å². The van der Waals surface area contributed by atoms with E-state index in [-0.39, 0.29) is 29.2 Å². The van der Waals surface area contributed by atoms with E-state index in [2.05, 4.69) is 30.6 Å². The van der Waals surface area contributed by atoms with Crippen LogP contribution in [0.4, 0.5) is 11.6 Å². The van der Waals surface area contributed by atoms with E-state index in [1.807, 2.05) is 10.6 Å². The van der Waals surface area contributed by atoms with Crippen LogP contribution >= 0.6 is 0 Å². The summed E-state index contributed by atoms with van der Waals surface area (Å²) < 4.78 is 0. The van der Waals surface area contributed by atoms with Crippen molar-refractivity contribution in [2.45, 2.75) is 99.6 Å². The van der Waals surface area contributed by atoms with Gasteiger partial charge < -0.3 is 93.8 Å². The number of nitrogens with two attached hydrogens (primary N) is 1. The number of benzene rings is 1. The molecular formula is C38H51N11O20. The fourth-order valence-corrected chi connectivity index (χ4v) is 5.93. The number of aliphatic hydroxyl groups excluding tert-OH is 8. The molecule has 0 aliphatic heterocycles. The van der Waals surface area contributed by atoms with Crippen LogP contribution in [0.2, 0.25) is 0 Å². The molecule has 31 heteroatoms. The Morgan fingerprint density at radius 2 is 1.22 bits per heavy atom. The SMILES string of the molecule is C[C@H](NC(=O)[C@@H](NC(=O)C[C@H](NC(=O)[C@@H](NC(=O)CC[C@H](NC(=O)c1ccc(NCc2cnc3nc(N)[nH]c(=O)c3n2)cc1)C(=O)O)[C@@H](O)[C@H](O)[C@H](O)CO)C(=O)O)[C@@H](O)[C@H](O)[C@H](O)CO)C(=O)O. The van der Waals surface area contributed by atoms with Crippen molar-refractivity contribution < 1.29 is 94.5 Å². The zero-order chi connectivity index (χ0) is 51.9. The normalized spacial score (nSPS) is 16.1. The highest BCUT2D eigenvalue weighted by molar-refractivity contribution is 5.97. The molecule has 0 unspecified atom stereocenters. The summed E-state index contributed by atoms with van der Waals surface area (Å²) in [5.74, 6) is -12.3. The van der Waals surface area contributed by atoms with Gasteiger partial charge in [-0.05, 0) is 37.6 Å². The fraction of sp³-hybridized carbons (Fsp3) is 0.474. The molecule has 11 atom stereocenters. The number of hydrogen-bond acceptors (Lipinski definition) is 22. The first-order valence-corrected chi connectivity index (χ1v) is 20.2. The van der Waals surface area contributed by atoms with Crippen LogP contribution in [0.25, 0.3) is 11.2 Å². The van der Waals surface area contributed by atoms with Gasteiger partial charge in [0.1, 0.15) is 66.8 Å². The molecule has 0 spiro atoms. The molecule has 0 bridgehead atoms. The molecule has 3 rings (SSSR count). The van der Waals surface area contributed by atoms with Gasteiger partial charge in [-0.15, -0.1) is 0 Å². The van der Waals surface area contributed by atoms with Crippen molar-refractivity contribution in [1.29, 1.82) is 0 Å². The van der Waals surface area contributed by atoms with E-state index < -0.39 is 152 Å². The maximum absolute atomic E-state index is 13.4. The minimum absolute atomic E-state index is 0.0292. The summed E-state index contributed by atoms with van der Waals surface area (Å²) in [7, 11) is 0. The molecule has 3 aromatic rings. The Morgan fingerprint density at radius 3 is 1.74 bits per heavy atom. The molecule has 31 nitrogen and oxygen atoms in total. The van der Waals surface area contributed by atoms with Crippen molar-refractivity contribution >= 4 is 70.2 Å². The van der Waals surface area contributed by atoms with Crippen molar-refractivity contribution in [1.82, 2.24) is 46.5 Å². The Hall–Kier alpha value is -7.52. The van der Waals surface area contributed by atoms with Gasteiger partial charge in [0.2, 0.25) is 29.6 Å². The Bertz CT molecular complexity index is 2390. The standard InChI is InChI=1S/C38H51N11O20/c1-13(35(64)65)42-32(61)23(28(58)26(56)19(52)11-50)47-22(55)8-18(37(68)69)45-33(62)24(29(59)27(57)20(53)12-51)46-21(54)7-6-17(36(66)67)44-31(60)14-2-4-15(5-3-14)40-9-16-10-41-30-25(43-16)34(63)49-38(39)48-30/h2-5,10,13,17-20,23-24,26-29,40,50-53,56-59H,6-9,11-12H2,1H3,(H,42,61)(H,44,60)(H,45,62)(H,46,54)(H,47,55)(H,64,65)(H,66,67)(H,68,69)(H3,39,41,48,49,63)/t13-,17-,18-,19+,20+,23-,24-,26+,27+,28+,29+/m0/s1. The van der Waals surface area contributed by atoms with Crippen molar-refractivity contribution in [3.63, 3.8) is 0 Å². The molecule has 0 radical (unpaired) electrons. The Morgan fingerprint density at radius 1 is 0.681 bits per heavy atom. The maximum Gasteiger partial charge on any atom is 0.326 e. The van der Waals surface area contributed by atoms with Crippen LogP contribution in [-0.2, 0) is 40.1 Å². The molecule has 0 aliphatic carbocycles. The summed E-state index contributed by atoms with van der Waals surface area (Å²) in [6, 6.07) is -5.07. The highest BCUT2D eigenvalue weighted by atomic mass is 16.4. The number of nitrogen functional groups attached to an aromatic ring is 1. The number of carboxylic acids is 3. The second-order valence-corrected chi connectivity index (χ2v) is 15.0. The lowest BCUT2D eigenvalue weighted by Crippen LogP contribution is -2.62. The number of carbonyl (C=O) groups excluding carboxylic acids is 5. The number of aromatic amines is 1. The lowest BCUT2D eigenvalue weighted by molar-refractivity contribution is -0.147. The van der Waals surface area contributed by atoms with Crippen LogP contribution in [0.3, 0.4) is 0 Å².